The number of hydrogen-bond donors (Lipinski definition) is 1. The monoisotopic (exact) mass is 302 g/mol. The van der Waals surface area contributed by atoms with E-state index in [9.17, 15) is 13.2 Å². The lowest BCUT2D eigenvalue weighted by molar-refractivity contribution is -0.203. The van der Waals surface area contributed by atoms with Crippen molar-refractivity contribution in [3.63, 3.8) is 0 Å². The minimum atomic E-state index is -4.60. The molecule has 1 rings (SSSR count). The van der Waals surface area contributed by atoms with Crippen LogP contribution in [0.4, 0.5) is 13.2 Å². The fourth-order valence-electron chi connectivity index (χ4n) is 1.01. The Kier molecular flexibility index (Phi) is 4.03. The molecule has 0 spiro atoms. The zero-order valence-corrected chi connectivity index (χ0v) is 9.70. The maximum Gasteiger partial charge on any atom is 0.414 e. The normalized spacial score (nSPS) is 14.0. The van der Waals surface area contributed by atoms with Gasteiger partial charge in [0.1, 0.15) is 0 Å². The minimum Gasteiger partial charge on any atom is -0.383 e. The van der Waals surface area contributed by atoms with E-state index in [1.165, 1.54) is 18.2 Å². The Morgan fingerprint density at radius 1 is 1.40 bits per heavy atom. The van der Waals surface area contributed by atoms with Gasteiger partial charge in [-0.1, -0.05) is 33.6 Å². The van der Waals surface area contributed by atoms with E-state index in [1.54, 1.807) is 0 Å². The molecule has 0 heterocycles. The zero-order chi connectivity index (χ0) is 11.6. The molecule has 0 fully saturated rings. The lowest BCUT2D eigenvalue weighted by Gasteiger charge is -2.15. The molecule has 1 unspecified atom stereocenters. The predicted molar refractivity (Wildman–Crippen MR) is 54.9 cm³/mol. The van der Waals surface area contributed by atoms with Crippen LogP contribution in [-0.4, -0.2) is 17.4 Å². The topological polar surface area (TPSA) is 20.2 Å². The van der Waals surface area contributed by atoms with Crippen LogP contribution >= 0.6 is 27.5 Å². The average Bonchev–Trinajstić information content (AvgIpc) is 2.08. The maximum atomic E-state index is 12.1. The highest BCUT2D eigenvalue weighted by molar-refractivity contribution is 9.10. The van der Waals surface area contributed by atoms with Crippen molar-refractivity contribution >= 4 is 27.5 Å². The van der Waals surface area contributed by atoms with Gasteiger partial charge in [0.15, 0.2) is 6.10 Å². The van der Waals surface area contributed by atoms with Gasteiger partial charge in [0.25, 0.3) is 0 Å². The quantitative estimate of drug-likeness (QED) is 0.885. The summed E-state index contributed by atoms with van der Waals surface area (Å²) in [6.45, 7) is 0. The zero-order valence-electron chi connectivity index (χ0n) is 7.35. The number of halogens is 5. The van der Waals surface area contributed by atoms with Crippen LogP contribution in [0, 0.1) is 0 Å². The molecule has 0 aliphatic rings. The molecule has 1 atom stereocenters. The van der Waals surface area contributed by atoms with E-state index >= 15 is 0 Å². The predicted octanol–water partition coefficient (Wildman–Crippen LogP) is 3.57. The van der Waals surface area contributed by atoms with Gasteiger partial charge in [-0.2, -0.15) is 13.2 Å². The highest BCUT2D eigenvalue weighted by Crippen LogP contribution is 2.27. The van der Waals surface area contributed by atoms with E-state index in [0.29, 0.717) is 15.1 Å². The molecule has 1 nitrogen and oxygen atoms in total. The first-order valence-electron chi connectivity index (χ1n) is 3.99. The van der Waals surface area contributed by atoms with Gasteiger partial charge in [0, 0.05) is 15.9 Å². The first-order valence-corrected chi connectivity index (χ1v) is 5.16. The summed E-state index contributed by atoms with van der Waals surface area (Å²) in [6, 6.07) is 4.41. The molecule has 0 saturated heterocycles. The van der Waals surface area contributed by atoms with Gasteiger partial charge in [0.2, 0.25) is 0 Å². The van der Waals surface area contributed by atoms with Crippen LogP contribution < -0.4 is 0 Å². The molecule has 1 aromatic rings. The van der Waals surface area contributed by atoms with E-state index in [2.05, 4.69) is 15.9 Å². The number of aliphatic hydroxyl groups excluding tert-OH is 1. The third-order valence-electron chi connectivity index (χ3n) is 1.81. The lowest BCUT2D eigenvalue weighted by Crippen LogP contribution is -2.30. The van der Waals surface area contributed by atoms with Gasteiger partial charge in [0.05, 0.1) is 0 Å². The largest absolute Gasteiger partial charge is 0.414 e. The highest BCUT2D eigenvalue weighted by atomic mass is 79.9. The molecular weight excluding hydrogens is 296 g/mol. The van der Waals surface area contributed by atoms with E-state index in [0.717, 1.165) is 0 Å². The van der Waals surface area contributed by atoms with E-state index in [1.807, 2.05) is 0 Å². The van der Waals surface area contributed by atoms with Crippen molar-refractivity contribution in [3.05, 3.63) is 33.3 Å². The van der Waals surface area contributed by atoms with E-state index in [4.69, 9.17) is 16.7 Å². The standard InChI is InChI=1S/C9H7BrClF3O/c10-7-4-6(11)2-1-5(7)3-8(15)9(12,13)14/h1-2,4,8,15H,3H2. The third kappa shape index (κ3) is 3.66. The van der Waals surface area contributed by atoms with Gasteiger partial charge in [-0.25, -0.2) is 0 Å². The summed E-state index contributed by atoms with van der Waals surface area (Å²) in [4.78, 5) is 0. The minimum absolute atomic E-state index is 0.365. The number of hydrogen-bond acceptors (Lipinski definition) is 1. The summed E-state index contributed by atoms with van der Waals surface area (Å²) >= 11 is 8.71. The number of benzene rings is 1. The molecule has 0 aromatic heterocycles. The molecule has 15 heavy (non-hydrogen) atoms. The second kappa shape index (κ2) is 4.72. The first-order chi connectivity index (χ1) is 6.80. The van der Waals surface area contributed by atoms with Crippen molar-refractivity contribution in [2.45, 2.75) is 18.7 Å². The molecule has 0 aliphatic heterocycles. The van der Waals surface area contributed by atoms with Crippen molar-refractivity contribution in [1.29, 1.82) is 0 Å². The van der Waals surface area contributed by atoms with Crippen LogP contribution in [0.3, 0.4) is 0 Å². The van der Waals surface area contributed by atoms with Gasteiger partial charge >= 0.3 is 6.18 Å². The summed E-state index contributed by atoms with van der Waals surface area (Å²) in [6.07, 6.45) is -7.43. The number of alkyl halides is 3. The Balaban J connectivity index is 2.82. The second-order valence-electron chi connectivity index (χ2n) is 3.00. The molecular formula is C9H7BrClF3O. The molecule has 1 aromatic carbocycles. The van der Waals surface area contributed by atoms with Gasteiger partial charge in [-0.15, -0.1) is 0 Å². The Morgan fingerprint density at radius 3 is 2.47 bits per heavy atom. The highest BCUT2D eigenvalue weighted by Gasteiger charge is 2.38. The fraction of sp³-hybridized carbons (Fsp3) is 0.333. The maximum absolute atomic E-state index is 12.1. The third-order valence-corrected chi connectivity index (χ3v) is 2.78. The molecule has 0 saturated carbocycles. The summed E-state index contributed by atoms with van der Waals surface area (Å²) in [5, 5.41) is 9.28. The van der Waals surface area contributed by atoms with Crippen LogP contribution in [0.25, 0.3) is 0 Å². The van der Waals surface area contributed by atoms with Crippen molar-refractivity contribution in [2.24, 2.45) is 0 Å². The second-order valence-corrected chi connectivity index (χ2v) is 4.29. The smallest absolute Gasteiger partial charge is 0.383 e. The Bertz CT molecular complexity index is 354. The van der Waals surface area contributed by atoms with Crippen molar-refractivity contribution in [1.82, 2.24) is 0 Å². The van der Waals surface area contributed by atoms with E-state index in [-0.39, 0.29) is 0 Å². The molecule has 0 aliphatic carbocycles. The molecule has 1 N–H and O–H groups in total. The first kappa shape index (κ1) is 12.8. The molecule has 0 radical (unpaired) electrons. The van der Waals surface area contributed by atoms with Crippen LogP contribution in [0.1, 0.15) is 5.56 Å². The van der Waals surface area contributed by atoms with Crippen LogP contribution in [-0.2, 0) is 6.42 Å². The Labute approximate surface area is 98.0 Å². The van der Waals surface area contributed by atoms with Gasteiger partial charge < -0.3 is 5.11 Å². The average molecular weight is 304 g/mol. The number of rotatable bonds is 2. The van der Waals surface area contributed by atoms with Crippen molar-refractivity contribution in [3.8, 4) is 0 Å². The van der Waals surface area contributed by atoms with Crippen molar-refractivity contribution in [2.75, 3.05) is 0 Å². The van der Waals surface area contributed by atoms with Crippen LogP contribution in [0.15, 0.2) is 22.7 Å². The molecule has 6 heteroatoms. The van der Waals surface area contributed by atoms with Crippen LogP contribution in [0.5, 0.6) is 0 Å². The summed E-state index contributed by atoms with van der Waals surface area (Å²) in [5.74, 6) is 0. The fourth-order valence-corrected chi connectivity index (χ4v) is 1.86. The van der Waals surface area contributed by atoms with E-state index < -0.39 is 18.7 Å². The van der Waals surface area contributed by atoms with Gasteiger partial charge in [-0.05, 0) is 17.7 Å². The lowest BCUT2D eigenvalue weighted by atomic mass is 10.1. The van der Waals surface area contributed by atoms with Crippen molar-refractivity contribution < 1.29 is 18.3 Å². The SMILES string of the molecule is OC(Cc1ccc(Cl)cc1Br)C(F)(F)F. The van der Waals surface area contributed by atoms with Crippen LogP contribution in [0.2, 0.25) is 5.02 Å². The summed E-state index contributed by atoms with van der Waals surface area (Å²) < 4.78 is 36.6. The molecule has 84 valence electrons. The summed E-state index contributed by atoms with van der Waals surface area (Å²) in [7, 11) is 0. The number of aliphatic hydroxyl groups is 1. The van der Waals surface area contributed by atoms with Gasteiger partial charge in [-0.3, -0.25) is 0 Å². The molecule has 0 bridgehead atoms. The molecule has 0 amide bonds. The summed E-state index contributed by atoms with van der Waals surface area (Å²) in [5.41, 5.74) is 0.365. The Morgan fingerprint density at radius 2 is 2.00 bits per heavy atom. The Hall–Kier alpha value is -0.260.